The number of hydrogen-bond donors (Lipinski definition) is 3. The minimum atomic E-state index is -0.437. The van der Waals surface area contributed by atoms with Crippen LogP contribution in [0.25, 0.3) is 0 Å². The molecule has 1 unspecified atom stereocenters. The number of carbonyl (C=O) groups is 1. The molecule has 19 heavy (non-hydrogen) atoms. The molecule has 102 valence electrons. The van der Waals surface area contributed by atoms with E-state index < -0.39 is 5.41 Å². The Kier molecular flexibility index (Phi) is 2.69. The lowest BCUT2D eigenvalue weighted by Crippen LogP contribution is -2.27. The maximum Gasteiger partial charge on any atom is 0.234 e. The van der Waals surface area contributed by atoms with Gasteiger partial charge < -0.3 is 16.0 Å². The molecule has 2 aliphatic heterocycles. The average Bonchev–Trinajstić information content (AvgIpc) is 2.85. The average molecular weight is 259 g/mol. The van der Waals surface area contributed by atoms with Crippen molar-refractivity contribution in [1.29, 1.82) is 0 Å². The minimum Gasteiger partial charge on any atom is -0.364 e. The van der Waals surface area contributed by atoms with Crippen LogP contribution in [0.3, 0.4) is 0 Å². The highest BCUT2D eigenvalue weighted by molar-refractivity contribution is 6.07. The second kappa shape index (κ2) is 4.15. The van der Waals surface area contributed by atoms with Gasteiger partial charge in [-0.1, -0.05) is 13.3 Å². The van der Waals surface area contributed by atoms with Crippen LogP contribution in [0.15, 0.2) is 12.1 Å². The summed E-state index contributed by atoms with van der Waals surface area (Å²) in [4.78, 5) is 11.9. The van der Waals surface area contributed by atoms with Gasteiger partial charge in [0.25, 0.3) is 0 Å². The van der Waals surface area contributed by atoms with Crippen LogP contribution in [-0.4, -0.2) is 12.1 Å². The molecule has 1 atom stereocenters. The molecule has 3 rings (SSSR count). The first-order valence-corrected chi connectivity index (χ1v) is 7.05. The standard InChI is InChI=1S/C15H21N3O/c1-4-5-6-13-16-11-7-9-10(8-12(11)17-13)18-14(19)15(9,2)3/h7-8,13,16-17H,4-6H2,1-3H3,(H,18,19). The molecule has 0 saturated heterocycles. The van der Waals surface area contributed by atoms with Crippen molar-refractivity contribution in [2.45, 2.75) is 51.6 Å². The summed E-state index contributed by atoms with van der Waals surface area (Å²) in [5.41, 5.74) is 3.80. The van der Waals surface area contributed by atoms with Gasteiger partial charge in [-0.15, -0.1) is 0 Å². The summed E-state index contributed by atoms with van der Waals surface area (Å²) in [6, 6.07) is 4.16. The molecule has 0 fully saturated rings. The summed E-state index contributed by atoms with van der Waals surface area (Å²) in [6.07, 6.45) is 3.85. The normalized spacial score (nSPS) is 22.3. The fourth-order valence-electron chi connectivity index (χ4n) is 2.82. The van der Waals surface area contributed by atoms with Crippen molar-refractivity contribution in [3.05, 3.63) is 17.7 Å². The fourth-order valence-corrected chi connectivity index (χ4v) is 2.82. The van der Waals surface area contributed by atoms with E-state index in [2.05, 4.69) is 35.0 Å². The highest BCUT2D eigenvalue weighted by Gasteiger charge is 2.39. The van der Waals surface area contributed by atoms with E-state index in [9.17, 15) is 4.79 Å². The predicted octanol–water partition coefficient (Wildman–Crippen LogP) is 3.27. The van der Waals surface area contributed by atoms with Gasteiger partial charge in [-0.25, -0.2) is 0 Å². The number of rotatable bonds is 3. The molecular weight excluding hydrogens is 238 g/mol. The lowest BCUT2D eigenvalue weighted by atomic mass is 9.86. The van der Waals surface area contributed by atoms with E-state index in [1.165, 1.54) is 12.8 Å². The zero-order valence-corrected chi connectivity index (χ0v) is 11.8. The summed E-state index contributed by atoms with van der Waals surface area (Å²) < 4.78 is 0. The van der Waals surface area contributed by atoms with E-state index in [1.54, 1.807) is 0 Å². The summed E-state index contributed by atoms with van der Waals surface area (Å²) in [7, 11) is 0. The summed E-state index contributed by atoms with van der Waals surface area (Å²) in [6.45, 7) is 6.14. The molecule has 0 bridgehead atoms. The van der Waals surface area contributed by atoms with Crippen LogP contribution in [0.4, 0.5) is 17.1 Å². The Hall–Kier alpha value is -1.71. The molecule has 1 amide bonds. The van der Waals surface area contributed by atoms with Crippen LogP contribution >= 0.6 is 0 Å². The van der Waals surface area contributed by atoms with Crippen LogP contribution in [0, 0.1) is 0 Å². The van der Waals surface area contributed by atoms with E-state index in [1.807, 2.05) is 13.8 Å². The molecule has 0 spiro atoms. The van der Waals surface area contributed by atoms with E-state index >= 15 is 0 Å². The molecule has 3 N–H and O–H groups in total. The van der Waals surface area contributed by atoms with Crippen LogP contribution in [0.2, 0.25) is 0 Å². The van der Waals surface area contributed by atoms with E-state index in [0.29, 0.717) is 6.17 Å². The Morgan fingerprint density at radius 1 is 1.16 bits per heavy atom. The van der Waals surface area contributed by atoms with Crippen LogP contribution in [-0.2, 0) is 10.2 Å². The molecule has 2 heterocycles. The van der Waals surface area contributed by atoms with Gasteiger partial charge in [-0.2, -0.15) is 0 Å². The topological polar surface area (TPSA) is 53.2 Å². The SMILES string of the molecule is CCCCC1Nc2cc3c(cc2N1)C(C)(C)C(=O)N3. The quantitative estimate of drug-likeness (QED) is 0.781. The van der Waals surface area contributed by atoms with Gasteiger partial charge >= 0.3 is 0 Å². The Labute approximate surface area is 114 Å². The van der Waals surface area contributed by atoms with Gasteiger partial charge in [-0.3, -0.25) is 4.79 Å². The van der Waals surface area contributed by atoms with Gasteiger partial charge in [0.15, 0.2) is 0 Å². The van der Waals surface area contributed by atoms with E-state index in [-0.39, 0.29) is 5.91 Å². The Morgan fingerprint density at radius 2 is 1.84 bits per heavy atom. The van der Waals surface area contributed by atoms with Crippen molar-refractivity contribution < 1.29 is 4.79 Å². The van der Waals surface area contributed by atoms with Gasteiger partial charge in [-0.05, 0) is 44.4 Å². The van der Waals surface area contributed by atoms with Crippen molar-refractivity contribution in [1.82, 2.24) is 0 Å². The molecular formula is C15H21N3O. The van der Waals surface area contributed by atoms with Crippen LogP contribution in [0.5, 0.6) is 0 Å². The van der Waals surface area contributed by atoms with Crippen molar-refractivity contribution in [3.63, 3.8) is 0 Å². The third-order valence-electron chi connectivity index (χ3n) is 4.15. The molecule has 0 aliphatic carbocycles. The fraction of sp³-hybridized carbons (Fsp3) is 0.533. The van der Waals surface area contributed by atoms with Gasteiger partial charge in [0.05, 0.1) is 23.0 Å². The molecule has 1 aromatic carbocycles. The number of nitrogens with one attached hydrogen (secondary N) is 3. The first kappa shape index (κ1) is 12.3. The number of benzene rings is 1. The largest absolute Gasteiger partial charge is 0.364 e. The van der Waals surface area contributed by atoms with Crippen molar-refractivity contribution in [2.75, 3.05) is 16.0 Å². The third kappa shape index (κ3) is 1.86. The highest BCUT2D eigenvalue weighted by atomic mass is 16.2. The molecule has 4 heteroatoms. The summed E-state index contributed by atoms with van der Waals surface area (Å²) in [5, 5.41) is 9.95. The zero-order chi connectivity index (χ0) is 13.6. The lowest BCUT2D eigenvalue weighted by molar-refractivity contribution is -0.119. The maximum absolute atomic E-state index is 11.9. The number of amides is 1. The lowest BCUT2D eigenvalue weighted by Gasteiger charge is -2.15. The van der Waals surface area contributed by atoms with Crippen molar-refractivity contribution in [3.8, 4) is 0 Å². The van der Waals surface area contributed by atoms with Crippen molar-refractivity contribution >= 4 is 23.0 Å². The van der Waals surface area contributed by atoms with Gasteiger partial charge in [0, 0.05) is 5.69 Å². The maximum atomic E-state index is 11.9. The second-order valence-electron chi connectivity index (χ2n) is 6.01. The summed E-state index contributed by atoms with van der Waals surface area (Å²) >= 11 is 0. The molecule has 4 nitrogen and oxygen atoms in total. The smallest absolute Gasteiger partial charge is 0.234 e. The Balaban J connectivity index is 1.88. The van der Waals surface area contributed by atoms with Gasteiger partial charge in [0.1, 0.15) is 0 Å². The minimum absolute atomic E-state index is 0.0775. The van der Waals surface area contributed by atoms with Crippen LogP contribution in [0.1, 0.15) is 45.6 Å². The molecule has 0 saturated carbocycles. The Bertz CT molecular complexity index is 536. The predicted molar refractivity (Wildman–Crippen MR) is 78.7 cm³/mol. The summed E-state index contributed by atoms with van der Waals surface area (Å²) in [5.74, 6) is 0.0775. The van der Waals surface area contributed by atoms with Crippen LogP contribution < -0.4 is 16.0 Å². The number of carbonyl (C=O) groups excluding carboxylic acids is 1. The number of unbranched alkanes of at least 4 members (excludes halogenated alkanes) is 1. The number of hydrogen-bond acceptors (Lipinski definition) is 3. The third-order valence-corrected chi connectivity index (χ3v) is 4.15. The van der Waals surface area contributed by atoms with E-state index in [0.717, 1.165) is 29.0 Å². The number of anilines is 3. The zero-order valence-electron chi connectivity index (χ0n) is 11.8. The first-order chi connectivity index (χ1) is 9.02. The first-order valence-electron chi connectivity index (χ1n) is 7.05. The second-order valence-corrected chi connectivity index (χ2v) is 6.01. The molecule has 1 aromatic rings. The van der Waals surface area contributed by atoms with Crippen molar-refractivity contribution in [2.24, 2.45) is 0 Å². The molecule has 0 aromatic heterocycles. The monoisotopic (exact) mass is 259 g/mol. The van der Waals surface area contributed by atoms with Gasteiger partial charge in [0.2, 0.25) is 5.91 Å². The molecule has 2 aliphatic rings. The molecule has 0 radical (unpaired) electrons. The van der Waals surface area contributed by atoms with E-state index in [4.69, 9.17) is 0 Å². The highest BCUT2D eigenvalue weighted by Crippen LogP contribution is 2.44. The number of fused-ring (bicyclic) bond motifs is 2. The Morgan fingerprint density at radius 3 is 2.53 bits per heavy atom.